The third-order valence-corrected chi connectivity index (χ3v) is 3.06. The number of phenolic OH excluding ortho intramolecular Hbond substituents is 1. The molecule has 0 aliphatic carbocycles. The first-order chi connectivity index (χ1) is 9.97. The van der Waals surface area contributed by atoms with Crippen molar-refractivity contribution in [1.82, 2.24) is 15.6 Å². The van der Waals surface area contributed by atoms with Crippen LogP contribution in [0.4, 0.5) is 0 Å². The number of H-pyrrole nitrogens is 2. The summed E-state index contributed by atoms with van der Waals surface area (Å²) in [5, 5.41) is 18.3. The van der Waals surface area contributed by atoms with Crippen molar-refractivity contribution in [3.8, 4) is 5.75 Å². The number of carbonyl (C=O) groups excluding carboxylic acids is 1. The number of rotatable bonds is 4. The minimum atomic E-state index is -0.374. The number of hydrogen-bond donors (Lipinski definition) is 4. The fraction of sp³-hybridized carbons (Fsp3) is 0.214. The van der Waals surface area contributed by atoms with E-state index in [1.54, 1.807) is 38.1 Å². The SMILES string of the molecule is C/C(=N/NC(=O)Cc1c(C)[nH][nH]c1=O)c1ccc(O)cc1. The molecule has 7 nitrogen and oxygen atoms in total. The molecule has 0 spiro atoms. The number of carbonyl (C=O) groups is 1. The lowest BCUT2D eigenvalue weighted by Gasteiger charge is -2.03. The van der Waals surface area contributed by atoms with Gasteiger partial charge in [0, 0.05) is 11.3 Å². The summed E-state index contributed by atoms with van der Waals surface area (Å²) in [4.78, 5) is 23.2. The summed E-state index contributed by atoms with van der Waals surface area (Å²) in [5.74, 6) is -0.209. The molecular formula is C14H16N4O3. The molecule has 0 bridgehead atoms. The van der Waals surface area contributed by atoms with Crippen molar-refractivity contribution in [2.75, 3.05) is 0 Å². The van der Waals surface area contributed by atoms with Gasteiger partial charge in [-0.1, -0.05) is 0 Å². The van der Waals surface area contributed by atoms with Gasteiger partial charge in [0.05, 0.1) is 12.1 Å². The van der Waals surface area contributed by atoms with Crippen molar-refractivity contribution in [2.45, 2.75) is 20.3 Å². The van der Waals surface area contributed by atoms with E-state index in [2.05, 4.69) is 20.7 Å². The van der Waals surface area contributed by atoms with Crippen molar-refractivity contribution in [2.24, 2.45) is 5.10 Å². The van der Waals surface area contributed by atoms with Crippen LogP contribution in [0.5, 0.6) is 5.75 Å². The fourth-order valence-corrected chi connectivity index (χ4v) is 1.80. The number of aromatic hydroxyl groups is 1. The minimum Gasteiger partial charge on any atom is -0.508 e. The molecule has 1 aromatic heterocycles. The largest absolute Gasteiger partial charge is 0.508 e. The summed E-state index contributed by atoms with van der Waals surface area (Å²) in [5.41, 5.74) is 4.51. The maximum absolute atomic E-state index is 11.8. The number of hydrazone groups is 1. The summed E-state index contributed by atoms with van der Waals surface area (Å²) in [6.07, 6.45) is -0.0446. The van der Waals surface area contributed by atoms with E-state index in [9.17, 15) is 14.7 Å². The van der Waals surface area contributed by atoms with Gasteiger partial charge in [0.15, 0.2) is 0 Å². The van der Waals surface area contributed by atoms with E-state index in [0.717, 1.165) is 5.56 Å². The van der Waals surface area contributed by atoms with Crippen molar-refractivity contribution in [3.05, 3.63) is 51.4 Å². The molecule has 0 aliphatic rings. The quantitative estimate of drug-likeness (QED) is 0.493. The zero-order chi connectivity index (χ0) is 15.4. The second-order valence-electron chi connectivity index (χ2n) is 4.64. The highest BCUT2D eigenvalue weighted by Gasteiger charge is 2.11. The Balaban J connectivity index is 2.01. The molecule has 0 aliphatic heterocycles. The second kappa shape index (κ2) is 6.08. The monoisotopic (exact) mass is 288 g/mol. The average molecular weight is 288 g/mol. The third kappa shape index (κ3) is 3.59. The molecule has 1 aromatic carbocycles. The van der Waals surface area contributed by atoms with E-state index < -0.39 is 0 Å². The van der Waals surface area contributed by atoms with E-state index in [0.29, 0.717) is 17.0 Å². The first kappa shape index (κ1) is 14.6. The highest BCUT2D eigenvalue weighted by atomic mass is 16.3. The lowest BCUT2D eigenvalue weighted by molar-refractivity contribution is -0.120. The van der Waals surface area contributed by atoms with Crippen LogP contribution in [-0.4, -0.2) is 26.9 Å². The molecule has 2 rings (SSSR count). The molecule has 0 radical (unpaired) electrons. The Labute approximate surface area is 120 Å². The Hall–Kier alpha value is -2.83. The Morgan fingerprint density at radius 2 is 1.95 bits per heavy atom. The summed E-state index contributed by atoms with van der Waals surface area (Å²) >= 11 is 0. The first-order valence-corrected chi connectivity index (χ1v) is 6.36. The predicted molar refractivity (Wildman–Crippen MR) is 78.3 cm³/mol. The smallest absolute Gasteiger partial charge is 0.267 e. The molecule has 0 atom stereocenters. The lowest BCUT2D eigenvalue weighted by atomic mass is 10.1. The third-order valence-electron chi connectivity index (χ3n) is 3.06. The summed E-state index contributed by atoms with van der Waals surface area (Å²) in [7, 11) is 0. The molecule has 1 heterocycles. The minimum absolute atomic E-state index is 0.0446. The zero-order valence-corrected chi connectivity index (χ0v) is 11.7. The van der Waals surface area contributed by atoms with E-state index in [4.69, 9.17) is 0 Å². The molecule has 7 heteroatoms. The second-order valence-corrected chi connectivity index (χ2v) is 4.64. The van der Waals surface area contributed by atoms with Crippen molar-refractivity contribution in [3.63, 3.8) is 0 Å². The Kier molecular flexibility index (Phi) is 4.22. The first-order valence-electron chi connectivity index (χ1n) is 6.36. The van der Waals surface area contributed by atoms with Gasteiger partial charge in [0.1, 0.15) is 5.75 Å². The van der Waals surface area contributed by atoms with Gasteiger partial charge in [-0.25, -0.2) is 5.43 Å². The van der Waals surface area contributed by atoms with Gasteiger partial charge in [-0.05, 0) is 43.7 Å². The number of benzene rings is 1. The number of nitrogens with one attached hydrogen (secondary N) is 3. The molecule has 0 fully saturated rings. The van der Waals surface area contributed by atoms with Crippen LogP contribution in [0.1, 0.15) is 23.7 Å². The van der Waals surface area contributed by atoms with Gasteiger partial charge in [-0.3, -0.25) is 14.7 Å². The summed E-state index contributed by atoms with van der Waals surface area (Å²) in [6, 6.07) is 6.47. The molecule has 0 saturated carbocycles. The molecule has 4 N–H and O–H groups in total. The normalized spacial score (nSPS) is 11.4. The maximum atomic E-state index is 11.8. The average Bonchev–Trinajstić information content (AvgIpc) is 2.77. The Morgan fingerprint density at radius 3 is 2.52 bits per heavy atom. The molecule has 110 valence electrons. The van der Waals surface area contributed by atoms with E-state index in [1.807, 2.05) is 0 Å². The van der Waals surface area contributed by atoms with Crippen LogP contribution in [0.3, 0.4) is 0 Å². The Morgan fingerprint density at radius 1 is 1.29 bits per heavy atom. The number of aromatic nitrogens is 2. The van der Waals surface area contributed by atoms with Crippen LogP contribution >= 0.6 is 0 Å². The van der Waals surface area contributed by atoms with Crippen LogP contribution < -0.4 is 11.0 Å². The number of amides is 1. The van der Waals surface area contributed by atoms with Crippen molar-refractivity contribution < 1.29 is 9.90 Å². The van der Waals surface area contributed by atoms with Crippen LogP contribution in [0.2, 0.25) is 0 Å². The van der Waals surface area contributed by atoms with Crippen molar-refractivity contribution in [1.29, 1.82) is 0 Å². The summed E-state index contributed by atoms with van der Waals surface area (Å²) < 4.78 is 0. The van der Waals surface area contributed by atoms with E-state index >= 15 is 0 Å². The van der Waals surface area contributed by atoms with Crippen LogP contribution in [0, 0.1) is 6.92 Å². The van der Waals surface area contributed by atoms with Gasteiger partial charge < -0.3 is 10.2 Å². The van der Waals surface area contributed by atoms with Crippen molar-refractivity contribution >= 4 is 11.6 Å². The molecule has 0 unspecified atom stereocenters. The Bertz CT molecular complexity index is 725. The molecule has 1 amide bonds. The number of hydrogen-bond acceptors (Lipinski definition) is 4. The molecule has 0 saturated heterocycles. The number of nitrogens with zero attached hydrogens (tertiary/aromatic N) is 1. The van der Waals surface area contributed by atoms with Crippen LogP contribution in [-0.2, 0) is 11.2 Å². The highest BCUT2D eigenvalue weighted by Crippen LogP contribution is 2.10. The number of phenols is 1. The predicted octanol–water partition coefficient (Wildman–Crippen LogP) is 0.800. The fourth-order valence-electron chi connectivity index (χ4n) is 1.80. The number of aromatic amines is 2. The maximum Gasteiger partial charge on any atom is 0.267 e. The zero-order valence-electron chi connectivity index (χ0n) is 11.7. The van der Waals surface area contributed by atoms with Gasteiger partial charge >= 0.3 is 0 Å². The van der Waals surface area contributed by atoms with E-state index in [1.165, 1.54) is 0 Å². The van der Waals surface area contributed by atoms with Gasteiger partial charge in [0.2, 0.25) is 5.91 Å². The lowest BCUT2D eigenvalue weighted by Crippen LogP contribution is -2.24. The standard InChI is InChI=1S/C14H16N4O3/c1-8(10-3-5-11(19)6-4-10)15-17-13(20)7-12-9(2)16-18-14(12)21/h3-6,19H,7H2,1-2H3,(H,17,20)(H2,16,18,21)/b15-8-. The topological polar surface area (TPSA) is 110 Å². The van der Waals surface area contributed by atoms with Crippen LogP contribution in [0.15, 0.2) is 34.2 Å². The molecule has 21 heavy (non-hydrogen) atoms. The number of aryl methyl sites for hydroxylation is 1. The summed E-state index contributed by atoms with van der Waals surface area (Å²) in [6.45, 7) is 3.45. The van der Waals surface area contributed by atoms with Gasteiger partial charge in [0.25, 0.3) is 5.56 Å². The molecular weight excluding hydrogens is 272 g/mol. The highest BCUT2D eigenvalue weighted by molar-refractivity contribution is 5.99. The van der Waals surface area contributed by atoms with Crippen LogP contribution in [0.25, 0.3) is 0 Å². The van der Waals surface area contributed by atoms with Gasteiger partial charge in [-0.2, -0.15) is 5.10 Å². The molecule has 2 aromatic rings. The van der Waals surface area contributed by atoms with E-state index in [-0.39, 0.29) is 23.6 Å². The van der Waals surface area contributed by atoms with Gasteiger partial charge in [-0.15, -0.1) is 0 Å².